The van der Waals surface area contributed by atoms with Crippen molar-refractivity contribution in [1.29, 1.82) is 0 Å². The van der Waals surface area contributed by atoms with Crippen molar-refractivity contribution in [2.75, 3.05) is 7.11 Å². The Hall–Kier alpha value is -1.31. The van der Waals surface area contributed by atoms with Crippen molar-refractivity contribution in [3.63, 3.8) is 0 Å². The van der Waals surface area contributed by atoms with Gasteiger partial charge < -0.3 is 19.2 Å². The molecular formula is C14H23BO5Si. The molecule has 0 fully saturated rings. The maximum absolute atomic E-state index is 11.7. The largest absolute Gasteiger partial charge is 0.543 e. The Bertz CT molecular complexity index is 523. The molecule has 0 saturated carbocycles. The van der Waals surface area contributed by atoms with Crippen molar-refractivity contribution < 1.29 is 24.0 Å². The van der Waals surface area contributed by atoms with Gasteiger partial charge >= 0.3 is 13.1 Å². The molecule has 0 aliphatic carbocycles. The van der Waals surface area contributed by atoms with Crippen LogP contribution in [0.2, 0.25) is 18.1 Å². The molecule has 0 saturated heterocycles. The monoisotopic (exact) mass is 310 g/mol. The van der Waals surface area contributed by atoms with E-state index in [1.54, 1.807) is 6.07 Å². The first-order chi connectivity index (χ1) is 9.48. The zero-order valence-electron chi connectivity index (χ0n) is 13.4. The Morgan fingerprint density at radius 2 is 1.76 bits per heavy atom. The first-order valence-corrected chi connectivity index (χ1v) is 9.67. The number of esters is 1. The van der Waals surface area contributed by atoms with Crippen LogP contribution in [0.15, 0.2) is 18.2 Å². The van der Waals surface area contributed by atoms with E-state index in [1.807, 2.05) is 0 Å². The van der Waals surface area contributed by atoms with Crippen LogP contribution in [0.5, 0.6) is 5.75 Å². The lowest BCUT2D eigenvalue weighted by Gasteiger charge is -2.36. The highest BCUT2D eigenvalue weighted by Crippen LogP contribution is 2.37. The molecule has 116 valence electrons. The zero-order valence-corrected chi connectivity index (χ0v) is 14.4. The van der Waals surface area contributed by atoms with Gasteiger partial charge in [-0.1, -0.05) is 20.8 Å². The summed E-state index contributed by atoms with van der Waals surface area (Å²) in [4.78, 5) is 11.7. The highest BCUT2D eigenvalue weighted by Gasteiger charge is 2.39. The third-order valence-electron chi connectivity index (χ3n) is 3.83. The first-order valence-electron chi connectivity index (χ1n) is 6.76. The van der Waals surface area contributed by atoms with Crippen molar-refractivity contribution in [2.24, 2.45) is 0 Å². The van der Waals surface area contributed by atoms with Crippen molar-refractivity contribution in [1.82, 2.24) is 0 Å². The number of hydrogen-bond acceptors (Lipinski definition) is 5. The Labute approximate surface area is 127 Å². The van der Waals surface area contributed by atoms with Gasteiger partial charge in [0.15, 0.2) is 0 Å². The minimum atomic E-state index is -2.09. The summed E-state index contributed by atoms with van der Waals surface area (Å²) in [6.07, 6.45) is 0. The van der Waals surface area contributed by atoms with Gasteiger partial charge in [-0.2, -0.15) is 0 Å². The maximum atomic E-state index is 11.7. The van der Waals surface area contributed by atoms with Crippen LogP contribution < -0.4 is 9.89 Å². The standard InChI is InChI=1S/C14H23BO5Si/c1-14(2,3)21(5,6)20-12-8-10(13(16)19-4)7-11(9-12)15(17)18/h7-9,17-18H,1-6H3. The van der Waals surface area contributed by atoms with E-state index in [4.69, 9.17) is 4.43 Å². The van der Waals surface area contributed by atoms with Crippen LogP contribution in [0.1, 0.15) is 31.1 Å². The number of carbonyl (C=O) groups is 1. The maximum Gasteiger partial charge on any atom is 0.488 e. The fraction of sp³-hybridized carbons (Fsp3) is 0.500. The Kier molecular flexibility index (Phi) is 5.25. The van der Waals surface area contributed by atoms with Crippen LogP contribution in [0.3, 0.4) is 0 Å². The summed E-state index contributed by atoms with van der Waals surface area (Å²) >= 11 is 0. The lowest BCUT2D eigenvalue weighted by Crippen LogP contribution is -2.44. The van der Waals surface area contributed by atoms with E-state index in [-0.39, 0.29) is 16.1 Å². The average molecular weight is 310 g/mol. The predicted molar refractivity (Wildman–Crippen MR) is 85.4 cm³/mol. The van der Waals surface area contributed by atoms with Crippen molar-refractivity contribution in [3.8, 4) is 5.75 Å². The van der Waals surface area contributed by atoms with Gasteiger partial charge in [0.05, 0.1) is 12.7 Å². The van der Waals surface area contributed by atoms with Crippen molar-refractivity contribution in [2.45, 2.75) is 38.9 Å². The molecule has 0 unspecified atom stereocenters. The first kappa shape index (κ1) is 17.7. The molecule has 1 aromatic rings. The molecule has 0 bridgehead atoms. The summed E-state index contributed by atoms with van der Waals surface area (Å²) in [6.45, 7) is 10.5. The highest BCUT2D eigenvalue weighted by molar-refractivity contribution is 6.74. The van der Waals surface area contributed by atoms with Crippen LogP contribution in [0.25, 0.3) is 0 Å². The molecule has 7 heteroatoms. The summed E-state index contributed by atoms with van der Waals surface area (Å²) in [5, 5.41) is 18.7. The molecule has 0 aromatic heterocycles. The van der Waals surface area contributed by atoms with E-state index in [1.165, 1.54) is 19.2 Å². The van der Waals surface area contributed by atoms with Gasteiger partial charge in [0.25, 0.3) is 0 Å². The lowest BCUT2D eigenvalue weighted by atomic mass is 9.79. The van der Waals surface area contributed by atoms with Crippen LogP contribution in [0, 0.1) is 0 Å². The second-order valence-corrected chi connectivity index (χ2v) is 11.2. The van der Waals surface area contributed by atoms with E-state index in [0.29, 0.717) is 5.75 Å². The van der Waals surface area contributed by atoms with Gasteiger partial charge in [0, 0.05) is 0 Å². The van der Waals surface area contributed by atoms with Gasteiger partial charge in [-0.05, 0) is 41.8 Å². The molecule has 0 spiro atoms. The summed E-state index contributed by atoms with van der Waals surface area (Å²) in [7, 11) is -2.48. The molecule has 0 aliphatic rings. The number of methoxy groups -OCH3 is 1. The Morgan fingerprint density at radius 1 is 1.19 bits per heavy atom. The van der Waals surface area contributed by atoms with Crippen LogP contribution in [0.4, 0.5) is 0 Å². The number of carbonyl (C=O) groups excluding carboxylic acids is 1. The van der Waals surface area contributed by atoms with E-state index in [2.05, 4.69) is 38.6 Å². The smallest absolute Gasteiger partial charge is 0.488 e. The second-order valence-electron chi connectivity index (χ2n) is 6.52. The molecule has 0 heterocycles. The SMILES string of the molecule is COC(=O)c1cc(O[Si](C)(C)C(C)(C)C)cc(B(O)O)c1. The van der Waals surface area contributed by atoms with Gasteiger partial charge in [0.2, 0.25) is 8.32 Å². The minimum Gasteiger partial charge on any atom is -0.543 e. The van der Waals surface area contributed by atoms with Gasteiger partial charge in [0.1, 0.15) is 5.75 Å². The Balaban J connectivity index is 3.24. The fourth-order valence-corrected chi connectivity index (χ4v) is 2.53. The fourth-order valence-electron chi connectivity index (χ4n) is 1.51. The van der Waals surface area contributed by atoms with Crippen LogP contribution >= 0.6 is 0 Å². The molecule has 0 radical (unpaired) electrons. The molecule has 0 atom stereocenters. The Morgan fingerprint density at radius 3 is 2.19 bits per heavy atom. The molecular weight excluding hydrogens is 287 g/mol. The van der Waals surface area contributed by atoms with Gasteiger partial charge in [-0.3, -0.25) is 0 Å². The molecule has 5 nitrogen and oxygen atoms in total. The van der Waals surface area contributed by atoms with E-state index in [9.17, 15) is 14.8 Å². The quantitative estimate of drug-likeness (QED) is 0.652. The summed E-state index contributed by atoms with van der Waals surface area (Å²) in [6, 6.07) is 4.49. The summed E-state index contributed by atoms with van der Waals surface area (Å²) in [5.74, 6) is -0.0924. The number of ether oxygens (including phenoxy) is 1. The molecule has 21 heavy (non-hydrogen) atoms. The second kappa shape index (κ2) is 6.21. The van der Waals surface area contributed by atoms with E-state index < -0.39 is 21.4 Å². The number of benzene rings is 1. The van der Waals surface area contributed by atoms with Crippen molar-refractivity contribution >= 4 is 26.9 Å². The van der Waals surface area contributed by atoms with E-state index >= 15 is 0 Å². The molecule has 1 aromatic carbocycles. The lowest BCUT2D eigenvalue weighted by molar-refractivity contribution is 0.0600. The predicted octanol–water partition coefficient (Wildman–Crippen LogP) is 1.54. The van der Waals surface area contributed by atoms with Crippen LogP contribution in [-0.2, 0) is 4.74 Å². The van der Waals surface area contributed by atoms with Gasteiger partial charge in [-0.25, -0.2) is 4.79 Å². The highest BCUT2D eigenvalue weighted by atomic mass is 28.4. The zero-order chi connectivity index (χ0) is 16.4. The topological polar surface area (TPSA) is 76.0 Å². The number of hydrogen-bond donors (Lipinski definition) is 2. The molecule has 2 N–H and O–H groups in total. The van der Waals surface area contributed by atoms with Crippen LogP contribution in [-0.4, -0.2) is 38.6 Å². The third-order valence-corrected chi connectivity index (χ3v) is 8.19. The summed E-state index contributed by atoms with van der Waals surface area (Å²) < 4.78 is 10.8. The van der Waals surface area contributed by atoms with Gasteiger partial charge in [-0.15, -0.1) is 0 Å². The minimum absolute atomic E-state index is 0.00767. The third kappa shape index (κ3) is 4.33. The van der Waals surface area contributed by atoms with Crippen molar-refractivity contribution in [3.05, 3.63) is 23.8 Å². The van der Waals surface area contributed by atoms with E-state index in [0.717, 1.165) is 0 Å². The molecule has 1 rings (SSSR count). The molecule has 0 amide bonds. The molecule has 0 aliphatic heterocycles. The average Bonchev–Trinajstić information content (AvgIpc) is 2.35. The normalized spacial score (nSPS) is 12.0. The summed E-state index contributed by atoms with van der Waals surface area (Å²) in [5.41, 5.74) is 0.434. The number of rotatable bonds is 4.